The van der Waals surface area contributed by atoms with Crippen LogP contribution in [-0.2, 0) is 0 Å². The first-order valence-electron chi connectivity index (χ1n) is 4.62. The Morgan fingerprint density at radius 2 is 1.80 bits per heavy atom. The van der Waals surface area contributed by atoms with E-state index in [2.05, 4.69) is 29.3 Å². The van der Waals surface area contributed by atoms with E-state index in [9.17, 15) is 0 Å². The highest BCUT2D eigenvalue weighted by Crippen LogP contribution is 2.05. The molecule has 0 saturated heterocycles. The number of hydrogen-bond acceptors (Lipinski definition) is 3. The summed E-state index contributed by atoms with van der Waals surface area (Å²) in [5, 5.41) is 8.41. The van der Waals surface area contributed by atoms with Gasteiger partial charge in [0, 0.05) is 0 Å². The van der Waals surface area contributed by atoms with Crippen molar-refractivity contribution in [2.24, 2.45) is 15.9 Å². The van der Waals surface area contributed by atoms with Gasteiger partial charge in [0.15, 0.2) is 5.17 Å². The molecule has 0 bridgehead atoms. The van der Waals surface area contributed by atoms with Crippen molar-refractivity contribution in [3.05, 3.63) is 35.4 Å². The Bertz CT molecular complexity index is 379. The normalized spacial score (nSPS) is 13.0. The minimum atomic E-state index is 0.474. The molecule has 0 aliphatic rings. The summed E-state index contributed by atoms with van der Waals surface area (Å²) >= 11 is 1.39. The molecule has 0 atom stereocenters. The van der Waals surface area contributed by atoms with Crippen LogP contribution in [0.15, 0.2) is 34.5 Å². The smallest absolute Gasteiger partial charge is 0.180 e. The molecule has 0 radical (unpaired) electrons. The number of benzene rings is 1. The minimum absolute atomic E-state index is 0.474. The monoisotopic (exact) mass is 221 g/mol. The maximum Gasteiger partial charge on any atom is 0.180 e. The van der Waals surface area contributed by atoms with Crippen molar-refractivity contribution in [2.45, 2.75) is 13.8 Å². The topological polar surface area (TPSA) is 50.7 Å². The Balaban J connectivity index is 2.85. The number of thioether (sulfide) groups is 1. The van der Waals surface area contributed by atoms with E-state index in [1.165, 1.54) is 17.3 Å². The molecule has 1 aromatic rings. The first-order valence-corrected chi connectivity index (χ1v) is 5.84. The van der Waals surface area contributed by atoms with Gasteiger partial charge in [-0.3, -0.25) is 0 Å². The van der Waals surface area contributed by atoms with Crippen LogP contribution < -0.4 is 5.73 Å². The first-order chi connectivity index (χ1) is 7.13. The third-order valence-electron chi connectivity index (χ3n) is 1.98. The van der Waals surface area contributed by atoms with Crippen LogP contribution in [0.2, 0.25) is 0 Å². The second kappa shape index (κ2) is 5.56. The molecule has 0 fully saturated rings. The third kappa shape index (κ3) is 3.75. The Kier molecular flexibility index (Phi) is 4.37. The van der Waals surface area contributed by atoms with Gasteiger partial charge in [-0.1, -0.05) is 41.6 Å². The highest BCUT2D eigenvalue weighted by atomic mass is 32.2. The Labute approximate surface area is 94.5 Å². The molecule has 80 valence electrons. The number of aryl methyl sites for hydroxylation is 1. The van der Waals surface area contributed by atoms with Gasteiger partial charge in [0.25, 0.3) is 0 Å². The summed E-state index contributed by atoms with van der Waals surface area (Å²) in [5.41, 5.74) is 8.70. The summed E-state index contributed by atoms with van der Waals surface area (Å²) in [7, 11) is 0. The van der Waals surface area contributed by atoms with Crippen molar-refractivity contribution in [1.29, 1.82) is 0 Å². The minimum Gasteiger partial charge on any atom is -0.377 e. The van der Waals surface area contributed by atoms with E-state index in [1.54, 1.807) is 0 Å². The lowest BCUT2D eigenvalue weighted by Gasteiger charge is -1.99. The molecule has 0 heterocycles. The molecule has 0 saturated carbocycles. The summed E-state index contributed by atoms with van der Waals surface area (Å²) in [5.74, 6) is 0. The van der Waals surface area contributed by atoms with Crippen LogP contribution in [0.4, 0.5) is 0 Å². The molecule has 0 aliphatic heterocycles. The van der Waals surface area contributed by atoms with E-state index in [0.717, 1.165) is 11.3 Å². The van der Waals surface area contributed by atoms with E-state index in [-0.39, 0.29) is 0 Å². The molecule has 4 heteroatoms. The Morgan fingerprint density at radius 3 is 2.33 bits per heavy atom. The van der Waals surface area contributed by atoms with E-state index in [4.69, 9.17) is 5.73 Å². The summed E-state index contributed by atoms with van der Waals surface area (Å²) in [6, 6.07) is 8.16. The van der Waals surface area contributed by atoms with Crippen molar-refractivity contribution in [3.8, 4) is 0 Å². The van der Waals surface area contributed by atoms with Gasteiger partial charge in [0.05, 0.1) is 5.71 Å². The largest absolute Gasteiger partial charge is 0.377 e. The van der Waals surface area contributed by atoms with Gasteiger partial charge in [-0.05, 0) is 25.7 Å². The van der Waals surface area contributed by atoms with Gasteiger partial charge in [0.2, 0.25) is 0 Å². The van der Waals surface area contributed by atoms with Gasteiger partial charge < -0.3 is 5.73 Å². The highest BCUT2D eigenvalue weighted by Gasteiger charge is 1.96. The molecule has 0 unspecified atom stereocenters. The van der Waals surface area contributed by atoms with Crippen LogP contribution in [0.1, 0.15) is 18.1 Å². The van der Waals surface area contributed by atoms with Gasteiger partial charge in [-0.25, -0.2) is 0 Å². The molecule has 0 amide bonds. The lowest BCUT2D eigenvalue weighted by Crippen LogP contribution is -2.05. The molecular weight excluding hydrogens is 206 g/mol. The average Bonchev–Trinajstić information content (AvgIpc) is 2.26. The van der Waals surface area contributed by atoms with Crippen molar-refractivity contribution in [2.75, 3.05) is 6.26 Å². The summed E-state index contributed by atoms with van der Waals surface area (Å²) in [6.45, 7) is 3.97. The van der Waals surface area contributed by atoms with Crippen molar-refractivity contribution >= 4 is 22.6 Å². The molecule has 1 aromatic carbocycles. The maximum absolute atomic E-state index is 5.53. The zero-order valence-corrected chi connectivity index (χ0v) is 10.0. The third-order valence-corrected chi connectivity index (χ3v) is 2.48. The van der Waals surface area contributed by atoms with Crippen LogP contribution in [-0.4, -0.2) is 17.1 Å². The number of nitrogens with two attached hydrogens (primary N) is 1. The molecule has 1 rings (SSSR count). The van der Waals surface area contributed by atoms with E-state index >= 15 is 0 Å². The van der Waals surface area contributed by atoms with E-state index < -0.39 is 0 Å². The predicted octanol–water partition coefficient (Wildman–Crippen LogP) is 2.40. The Morgan fingerprint density at radius 1 is 1.20 bits per heavy atom. The molecular formula is C11H15N3S. The van der Waals surface area contributed by atoms with Crippen molar-refractivity contribution in [1.82, 2.24) is 0 Å². The van der Waals surface area contributed by atoms with Crippen LogP contribution in [0.5, 0.6) is 0 Å². The molecule has 2 N–H and O–H groups in total. The molecule has 0 spiro atoms. The number of hydrogen-bond donors (Lipinski definition) is 1. The Hall–Kier alpha value is -1.29. The summed E-state index contributed by atoms with van der Waals surface area (Å²) in [6.07, 6.45) is 1.87. The van der Waals surface area contributed by atoms with Crippen molar-refractivity contribution < 1.29 is 0 Å². The lowest BCUT2D eigenvalue weighted by molar-refractivity contribution is 1.23. The molecule has 0 aliphatic carbocycles. The van der Waals surface area contributed by atoms with Crippen LogP contribution in [0.3, 0.4) is 0 Å². The second-order valence-corrected chi connectivity index (χ2v) is 4.02. The fourth-order valence-electron chi connectivity index (χ4n) is 1.02. The summed E-state index contributed by atoms with van der Waals surface area (Å²) < 4.78 is 0. The van der Waals surface area contributed by atoms with Crippen LogP contribution in [0.25, 0.3) is 0 Å². The fourth-order valence-corrected chi connectivity index (χ4v) is 1.14. The summed E-state index contributed by atoms with van der Waals surface area (Å²) in [4.78, 5) is 0. The SMILES string of the molecule is CS/C(N)=N\N=C(/C)c1ccc(C)cc1. The quantitative estimate of drug-likeness (QED) is 0.473. The average molecular weight is 221 g/mol. The van der Waals surface area contributed by atoms with E-state index in [0.29, 0.717) is 5.17 Å². The zero-order valence-electron chi connectivity index (χ0n) is 9.19. The zero-order chi connectivity index (χ0) is 11.3. The lowest BCUT2D eigenvalue weighted by atomic mass is 10.1. The van der Waals surface area contributed by atoms with Gasteiger partial charge in [-0.15, -0.1) is 5.10 Å². The highest BCUT2D eigenvalue weighted by molar-refractivity contribution is 8.13. The van der Waals surface area contributed by atoms with Gasteiger partial charge in [0.1, 0.15) is 0 Å². The van der Waals surface area contributed by atoms with Gasteiger partial charge in [-0.2, -0.15) is 5.10 Å². The van der Waals surface area contributed by atoms with Gasteiger partial charge >= 0.3 is 0 Å². The maximum atomic E-state index is 5.53. The second-order valence-electron chi connectivity index (χ2n) is 3.19. The van der Waals surface area contributed by atoms with Crippen LogP contribution in [0, 0.1) is 6.92 Å². The fraction of sp³-hybridized carbons (Fsp3) is 0.273. The number of rotatable bonds is 2. The molecule has 0 aromatic heterocycles. The molecule has 15 heavy (non-hydrogen) atoms. The predicted molar refractivity (Wildman–Crippen MR) is 68.5 cm³/mol. The standard InChI is InChI=1S/C11H15N3S/c1-8-4-6-10(7-5-8)9(2)13-14-11(12)15-3/h4-7H,1-3H3,(H2,12,14)/b13-9+. The van der Waals surface area contributed by atoms with Crippen LogP contribution >= 0.6 is 11.8 Å². The molecule has 3 nitrogen and oxygen atoms in total. The van der Waals surface area contributed by atoms with Crippen molar-refractivity contribution in [3.63, 3.8) is 0 Å². The number of nitrogens with zero attached hydrogens (tertiary/aromatic N) is 2. The first kappa shape index (κ1) is 11.8. The number of amidine groups is 1. The van der Waals surface area contributed by atoms with E-state index in [1.807, 2.05) is 25.3 Å².